The highest BCUT2D eigenvalue weighted by molar-refractivity contribution is 9.10. The molecule has 2 nitrogen and oxygen atoms in total. The third kappa shape index (κ3) is 2.93. The molecule has 1 heterocycles. The van der Waals surface area contributed by atoms with E-state index in [1.807, 2.05) is 13.8 Å². The van der Waals surface area contributed by atoms with Gasteiger partial charge >= 0.3 is 6.18 Å². The first-order chi connectivity index (χ1) is 8.39. The van der Waals surface area contributed by atoms with E-state index in [4.69, 9.17) is 0 Å². The summed E-state index contributed by atoms with van der Waals surface area (Å²) < 4.78 is 37.5. The molecule has 0 aliphatic heterocycles. The lowest BCUT2D eigenvalue weighted by Gasteiger charge is -2.03. The molecule has 0 amide bonds. The Balaban J connectivity index is 0.000000771. The van der Waals surface area contributed by atoms with Gasteiger partial charge in [0.25, 0.3) is 5.78 Å². The minimum atomic E-state index is -4.85. The lowest BCUT2D eigenvalue weighted by atomic mass is 10.1. The van der Waals surface area contributed by atoms with Crippen molar-refractivity contribution in [3.63, 3.8) is 0 Å². The number of aromatic nitrogens is 1. The van der Waals surface area contributed by atoms with Gasteiger partial charge in [0.15, 0.2) is 0 Å². The highest BCUT2D eigenvalue weighted by Gasteiger charge is 2.40. The summed E-state index contributed by atoms with van der Waals surface area (Å²) >= 11 is 3.19. The number of alkyl halides is 3. The van der Waals surface area contributed by atoms with Gasteiger partial charge < -0.3 is 4.98 Å². The van der Waals surface area contributed by atoms with E-state index in [1.165, 1.54) is 6.07 Å². The topological polar surface area (TPSA) is 32.9 Å². The standard InChI is InChI=1S/C10H5BrF3NO.C2H6/c11-5-1-2-6-7(4-15-8(6)3-5)9(16)10(12,13)14;1-2/h1-4,15H;1-2H3. The van der Waals surface area contributed by atoms with Crippen LogP contribution in [0.1, 0.15) is 24.2 Å². The van der Waals surface area contributed by atoms with Crippen LogP contribution in [0.5, 0.6) is 0 Å². The van der Waals surface area contributed by atoms with Crippen molar-refractivity contribution in [3.8, 4) is 0 Å². The molecule has 0 saturated carbocycles. The number of benzene rings is 1. The largest absolute Gasteiger partial charge is 0.454 e. The Kier molecular flexibility index (Phi) is 4.56. The van der Waals surface area contributed by atoms with Crippen LogP contribution in [0.2, 0.25) is 0 Å². The Hall–Kier alpha value is -1.30. The van der Waals surface area contributed by atoms with Gasteiger partial charge in [0.1, 0.15) is 0 Å². The fourth-order valence-electron chi connectivity index (χ4n) is 1.44. The van der Waals surface area contributed by atoms with Crippen molar-refractivity contribution >= 4 is 32.6 Å². The van der Waals surface area contributed by atoms with Crippen molar-refractivity contribution < 1.29 is 18.0 Å². The predicted octanol–water partition coefficient (Wildman–Crippen LogP) is 4.70. The zero-order chi connectivity index (χ0) is 13.9. The highest BCUT2D eigenvalue weighted by Crippen LogP contribution is 2.28. The van der Waals surface area contributed by atoms with Crippen LogP contribution < -0.4 is 0 Å². The van der Waals surface area contributed by atoms with Crippen LogP contribution >= 0.6 is 15.9 Å². The quantitative estimate of drug-likeness (QED) is 0.758. The maximum absolute atomic E-state index is 12.2. The van der Waals surface area contributed by atoms with Crippen molar-refractivity contribution in [2.45, 2.75) is 20.0 Å². The molecule has 98 valence electrons. The molecular weight excluding hydrogens is 311 g/mol. The molecule has 6 heteroatoms. The summed E-state index contributed by atoms with van der Waals surface area (Å²) in [4.78, 5) is 13.7. The van der Waals surface area contributed by atoms with Crippen molar-refractivity contribution in [1.29, 1.82) is 0 Å². The smallest absolute Gasteiger partial charge is 0.360 e. The molecule has 0 bridgehead atoms. The Morgan fingerprint density at radius 3 is 2.44 bits per heavy atom. The van der Waals surface area contributed by atoms with E-state index in [0.29, 0.717) is 5.52 Å². The molecule has 1 aromatic heterocycles. The zero-order valence-electron chi connectivity index (χ0n) is 9.73. The van der Waals surface area contributed by atoms with Crippen molar-refractivity contribution in [3.05, 3.63) is 34.4 Å². The Bertz CT molecular complexity index is 560. The van der Waals surface area contributed by atoms with Crippen molar-refractivity contribution in [2.75, 3.05) is 0 Å². The average molecular weight is 322 g/mol. The molecule has 0 saturated heterocycles. The van der Waals surface area contributed by atoms with E-state index in [1.54, 1.807) is 12.1 Å². The number of aromatic amines is 1. The van der Waals surface area contributed by atoms with Crippen LogP contribution in [-0.2, 0) is 0 Å². The molecule has 18 heavy (non-hydrogen) atoms. The molecule has 0 aliphatic rings. The Labute approximate surface area is 110 Å². The van der Waals surface area contributed by atoms with Gasteiger partial charge in [0, 0.05) is 21.6 Å². The van der Waals surface area contributed by atoms with Gasteiger partial charge in [-0.2, -0.15) is 13.2 Å². The highest BCUT2D eigenvalue weighted by atomic mass is 79.9. The monoisotopic (exact) mass is 321 g/mol. The van der Waals surface area contributed by atoms with Crippen LogP contribution in [0, 0.1) is 0 Å². The van der Waals surface area contributed by atoms with E-state index in [-0.39, 0.29) is 10.9 Å². The molecule has 0 radical (unpaired) electrons. The maximum atomic E-state index is 12.2. The number of carbonyl (C=O) groups is 1. The molecule has 2 aromatic rings. The van der Waals surface area contributed by atoms with Crippen LogP contribution in [-0.4, -0.2) is 16.9 Å². The van der Waals surface area contributed by atoms with Gasteiger partial charge in [-0.3, -0.25) is 4.79 Å². The second kappa shape index (κ2) is 5.56. The summed E-state index contributed by atoms with van der Waals surface area (Å²) in [6, 6.07) is 4.67. The summed E-state index contributed by atoms with van der Waals surface area (Å²) in [6.07, 6.45) is -3.77. The average Bonchev–Trinajstić information content (AvgIpc) is 2.72. The summed E-state index contributed by atoms with van der Waals surface area (Å²) in [5.41, 5.74) is 0.136. The first kappa shape index (κ1) is 14.8. The number of hydrogen-bond acceptors (Lipinski definition) is 1. The molecule has 0 atom stereocenters. The number of hydrogen-bond donors (Lipinski definition) is 1. The van der Waals surface area contributed by atoms with Gasteiger partial charge in [0.2, 0.25) is 0 Å². The fourth-order valence-corrected chi connectivity index (χ4v) is 1.80. The molecular formula is C12H11BrF3NO. The minimum Gasteiger partial charge on any atom is -0.360 e. The number of nitrogens with one attached hydrogen (secondary N) is 1. The molecule has 0 unspecified atom stereocenters. The fraction of sp³-hybridized carbons (Fsp3) is 0.250. The number of ketones is 1. The third-order valence-corrected chi connectivity index (χ3v) is 2.64. The van der Waals surface area contributed by atoms with E-state index >= 15 is 0 Å². The Morgan fingerprint density at radius 2 is 1.89 bits per heavy atom. The van der Waals surface area contributed by atoms with Crippen molar-refractivity contribution in [1.82, 2.24) is 4.98 Å². The SMILES string of the molecule is CC.O=C(c1c[nH]c2cc(Br)ccc12)C(F)(F)F. The van der Waals surface area contributed by atoms with E-state index in [9.17, 15) is 18.0 Å². The molecule has 0 spiro atoms. The number of carbonyl (C=O) groups excluding carboxylic acids is 1. The van der Waals surface area contributed by atoms with Gasteiger partial charge in [0.05, 0.1) is 5.56 Å². The lowest BCUT2D eigenvalue weighted by molar-refractivity contribution is -0.0884. The van der Waals surface area contributed by atoms with Crippen LogP contribution in [0.3, 0.4) is 0 Å². The second-order valence-corrected chi connectivity index (χ2v) is 4.13. The molecule has 1 N–H and O–H groups in total. The summed E-state index contributed by atoms with van der Waals surface area (Å²) in [5, 5.41) is 0.269. The minimum absolute atomic E-state index is 0.269. The molecule has 2 rings (SSSR count). The second-order valence-electron chi connectivity index (χ2n) is 3.22. The summed E-state index contributed by atoms with van der Waals surface area (Å²) in [5.74, 6) is -1.83. The van der Waals surface area contributed by atoms with Crippen LogP contribution in [0.25, 0.3) is 10.9 Å². The predicted molar refractivity (Wildman–Crippen MR) is 67.7 cm³/mol. The number of fused-ring (bicyclic) bond motifs is 1. The van der Waals surface area contributed by atoms with Crippen LogP contribution in [0.4, 0.5) is 13.2 Å². The lowest BCUT2D eigenvalue weighted by Crippen LogP contribution is -2.22. The first-order valence-corrected chi connectivity index (χ1v) is 6.07. The normalized spacial score (nSPS) is 11.0. The summed E-state index contributed by atoms with van der Waals surface area (Å²) in [6.45, 7) is 4.00. The zero-order valence-corrected chi connectivity index (χ0v) is 11.3. The van der Waals surface area contributed by atoms with Gasteiger partial charge in [-0.05, 0) is 12.1 Å². The number of halogens is 4. The number of Topliss-reactive ketones (excluding diaryl/α,β-unsaturated/α-hetero) is 1. The maximum Gasteiger partial charge on any atom is 0.454 e. The van der Waals surface area contributed by atoms with Gasteiger partial charge in [-0.25, -0.2) is 0 Å². The summed E-state index contributed by atoms with van der Waals surface area (Å²) in [7, 11) is 0. The van der Waals surface area contributed by atoms with Gasteiger partial charge in [-0.15, -0.1) is 0 Å². The molecule has 0 aliphatic carbocycles. The van der Waals surface area contributed by atoms with E-state index in [0.717, 1.165) is 10.7 Å². The number of rotatable bonds is 1. The Morgan fingerprint density at radius 1 is 1.28 bits per heavy atom. The molecule has 0 fully saturated rings. The van der Waals surface area contributed by atoms with Gasteiger partial charge in [-0.1, -0.05) is 35.8 Å². The third-order valence-electron chi connectivity index (χ3n) is 2.15. The van der Waals surface area contributed by atoms with E-state index < -0.39 is 12.0 Å². The van der Waals surface area contributed by atoms with Crippen LogP contribution in [0.15, 0.2) is 28.9 Å². The van der Waals surface area contributed by atoms with E-state index in [2.05, 4.69) is 20.9 Å². The van der Waals surface area contributed by atoms with Crippen molar-refractivity contribution in [2.24, 2.45) is 0 Å². The molecule has 1 aromatic carbocycles. The number of H-pyrrole nitrogens is 1. The first-order valence-electron chi connectivity index (χ1n) is 5.28.